The van der Waals surface area contributed by atoms with Gasteiger partial charge in [0.1, 0.15) is 0 Å². The van der Waals surface area contributed by atoms with Crippen molar-refractivity contribution in [2.75, 3.05) is 6.54 Å². The van der Waals surface area contributed by atoms with Gasteiger partial charge in [-0.1, -0.05) is 63.0 Å². The molecule has 1 nitrogen and oxygen atoms in total. The summed E-state index contributed by atoms with van der Waals surface area (Å²) in [7, 11) is 0. The lowest BCUT2D eigenvalue weighted by atomic mass is 9.95. The Labute approximate surface area is 144 Å². The van der Waals surface area contributed by atoms with Crippen molar-refractivity contribution >= 4 is 31.9 Å². The summed E-state index contributed by atoms with van der Waals surface area (Å²) in [4.78, 5) is 0. The van der Waals surface area contributed by atoms with Crippen LogP contribution in [0.3, 0.4) is 0 Å². The number of hydrogen-bond donors (Lipinski definition) is 1. The summed E-state index contributed by atoms with van der Waals surface area (Å²) >= 11 is 7.21. The molecule has 0 aliphatic heterocycles. The van der Waals surface area contributed by atoms with Crippen LogP contribution in [0.25, 0.3) is 0 Å². The molecule has 0 bridgehead atoms. The molecule has 1 atom stereocenters. The van der Waals surface area contributed by atoms with Gasteiger partial charge in [-0.25, -0.2) is 0 Å². The standard InChI is InChI=1S/C18H21Br2N/c1-3-10-21-18(12-14-6-4-5-7-17(14)20)16-9-8-15(19)11-13(16)2/h4-9,11,18,21H,3,10,12H2,1-2H3. The van der Waals surface area contributed by atoms with Gasteiger partial charge in [-0.15, -0.1) is 0 Å². The molecule has 1 unspecified atom stereocenters. The molecule has 2 rings (SSSR count). The summed E-state index contributed by atoms with van der Waals surface area (Å²) in [5, 5.41) is 3.69. The van der Waals surface area contributed by atoms with Crippen LogP contribution in [-0.4, -0.2) is 6.54 Å². The first-order chi connectivity index (χ1) is 10.1. The zero-order valence-corrected chi connectivity index (χ0v) is 15.7. The Hall–Kier alpha value is -0.640. The van der Waals surface area contributed by atoms with Gasteiger partial charge in [0.2, 0.25) is 0 Å². The van der Waals surface area contributed by atoms with Crippen LogP contribution >= 0.6 is 31.9 Å². The number of rotatable bonds is 6. The van der Waals surface area contributed by atoms with Crippen molar-refractivity contribution in [2.24, 2.45) is 0 Å². The maximum atomic E-state index is 3.69. The number of nitrogens with one attached hydrogen (secondary N) is 1. The molecule has 2 aromatic rings. The fraction of sp³-hybridized carbons (Fsp3) is 0.333. The van der Waals surface area contributed by atoms with Gasteiger partial charge < -0.3 is 5.32 Å². The van der Waals surface area contributed by atoms with Crippen LogP contribution < -0.4 is 5.32 Å². The third-order valence-corrected chi connectivity index (χ3v) is 4.90. The number of hydrogen-bond acceptors (Lipinski definition) is 1. The van der Waals surface area contributed by atoms with Gasteiger partial charge in [0, 0.05) is 15.0 Å². The highest BCUT2D eigenvalue weighted by molar-refractivity contribution is 9.10. The number of benzene rings is 2. The van der Waals surface area contributed by atoms with Crippen LogP contribution in [0.15, 0.2) is 51.4 Å². The lowest BCUT2D eigenvalue weighted by Crippen LogP contribution is -2.25. The van der Waals surface area contributed by atoms with Gasteiger partial charge in [-0.05, 0) is 61.2 Å². The Morgan fingerprint density at radius 2 is 1.86 bits per heavy atom. The first kappa shape index (κ1) is 16.7. The average Bonchev–Trinajstić information content (AvgIpc) is 2.46. The third kappa shape index (κ3) is 4.67. The molecule has 0 aliphatic carbocycles. The highest BCUT2D eigenvalue weighted by Gasteiger charge is 2.15. The number of halogens is 2. The molecule has 0 saturated heterocycles. The minimum atomic E-state index is 0.344. The molecule has 0 aliphatic rings. The summed E-state index contributed by atoms with van der Waals surface area (Å²) in [5.41, 5.74) is 4.04. The van der Waals surface area contributed by atoms with Crippen LogP contribution in [-0.2, 0) is 6.42 Å². The Morgan fingerprint density at radius 3 is 2.52 bits per heavy atom. The SMILES string of the molecule is CCCNC(Cc1ccccc1Br)c1ccc(Br)cc1C. The molecule has 2 aromatic carbocycles. The Bertz CT molecular complexity index is 596. The van der Waals surface area contributed by atoms with E-state index in [4.69, 9.17) is 0 Å². The monoisotopic (exact) mass is 409 g/mol. The molecular weight excluding hydrogens is 390 g/mol. The molecule has 112 valence electrons. The van der Waals surface area contributed by atoms with Gasteiger partial charge in [0.15, 0.2) is 0 Å². The average molecular weight is 411 g/mol. The Kier molecular flexibility index (Phi) is 6.46. The van der Waals surface area contributed by atoms with E-state index >= 15 is 0 Å². The summed E-state index contributed by atoms with van der Waals surface area (Å²) in [6.45, 7) is 5.42. The normalized spacial score (nSPS) is 12.4. The smallest absolute Gasteiger partial charge is 0.0363 e. The van der Waals surface area contributed by atoms with E-state index in [1.165, 1.54) is 21.2 Å². The van der Waals surface area contributed by atoms with Crippen molar-refractivity contribution < 1.29 is 0 Å². The van der Waals surface area contributed by atoms with E-state index in [1.54, 1.807) is 0 Å². The van der Waals surface area contributed by atoms with Crippen LogP contribution in [0.1, 0.15) is 36.1 Å². The summed E-state index contributed by atoms with van der Waals surface area (Å²) in [6, 6.07) is 15.4. The first-order valence-corrected chi connectivity index (χ1v) is 8.93. The molecule has 0 amide bonds. The molecule has 0 spiro atoms. The quantitative estimate of drug-likeness (QED) is 0.634. The third-order valence-electron chi connectivity index (χ3n) is 3.63. The fourth-order valence-corrected chi connectivity index (χ4v) is 3.45. The summed E-state index contributed by atoms with van der Waals surface area (Å²) in [5.74, 6) is 0. The molecule has 0 radical (unpaired) electrons. The molecule has 0 aromatic heterocycles. The first-order valence-electron chi connectivity index (χ1n) is 7.34. The maximum Gasteiger partial charge on any atom is 0.0363 e. The Balaban J connectivity index is 2.27. The molecule has 0 heterocycles. The molecule has 0 fully saturated rings. The number of aryl methyl sites for hydroxylation is 1. The van der Waals surface area contributed by atoms with Gasteiger partial charge in [-0.2, -0.15) is 0 Å². The second kappa shape index (κ2) is 8.11. The molecule has 0 saturated carbocycles. The second-order valence-electron chi connectivity index (χ2n) is 5.30. The van der Waals surface area contributed by atoms with E-state index in [0.29, 0.717) is 6.04 Å². The van der Waals surface area contributed by atoms with Crippen LogP contribution in [0.5, 0.6) is 0 Å². The van der Waals surface area contributed by atoms with Crippen LogP contribution in [0.4, 0.5) is 0 Å². The molecule has 3 heteroatoms. The Morgan fingerprint density at radius 1 is 1.10 bits per heavy atom. The predicted molar refractivity (Wildman–Crippen MR) is 97.8 cm³/mol. The summed E-state index contributed by atoms with van der Waals surface area (Å²) in [6.07, 6.45) is 2.13. The highest BCUT2D eigenvalue weighted by atomic mass is 79.9. The lowest BCUT2D eigenvalue weighted by molar-refractivity contribution is 0.526. The lowest BCUT2D eigenvalue weighted by Gasteiger charge is -2.22. The zero-order chi connectivity index (χ0) is 15.2. The minimum Gasteiger partial charge on any atom is -0.310 e. The van der Waals surface area contributed by atoms with Gasteiger partial charge in [-0.3, -0.25) is 0 Å². The molecular formula is C18H21Br2N. The highest BCUT2D eigenvalue weighted by Crippen LogP contribution is 2.27. The van der Waals surface area contributed by atoms with Gasteiger partial charge in [0.25, 0.3) is 0 Å². The topological polar surface area (TPSA) is 12.0 Å². The van der Waals surface area contributed by atoms with E-state index in [9.17, 15) is 0 Å². The van der Waals surface area contributed by atoms with E-state index in [0.717, 1.165) is 23.9 Å². The predicted octanol–water partition coefficient (Wildman–Crippen LogP) is 5.80. The fourth-order valence-electron chi connectivity index (χ4n) is 2.52. The van der Waals surface area contributed by atoms with Crippen molar-refractivity contribution in [1.29, 1.82) is 0 Å². The van der Waals surface area contributed by atoms with Crippen molar-refractivity contribution in [1.82, 2.24) is 5.32 Å². The largest absolute Gasteiger partial charge is 0.310 e. The second-order valence-corrected chi connectivity index (χ2v) is 7.07. The van der Waals surface area contributed by atoms with Crippen molar-refractivity contribution in [3.8, 4) is 0 Å². The van der Waals surface area contributed by atoms with Crippen molar-refractivity contribution in [3.63, 3.8) is 0 Å². The van der Waals surface area contributed by atoms with Gasteiger partial charge >= 0.3 is 0 Å². The van der Waals surface area contributed by atoms with Crippen LogP contribution in [0.2, 0.25) is 0 Å². The van der Waals surface area contributed by atoms with E-state index in [1.807, 2.05) is 0 Å². The van der Waals surface area contributed by atoms with Gasteiger partial charge in [0.05, 0.1) is 0 Å². The van der Waals surface area contributed by atoms with Crippen molar-refractivity contribution in [2.45, 2.75) is 32.7 Å². The van der Waals surface area contributed by atoms with E-state index in [-0.39, 0.29) is 0 Å². The minimum absolute atomic E-state index is 0.344. The van der Waals surface area contributed by atoms with E-state index < -0.39 is 0 Å². The van der Waals surface area contributed by atoms with Crippen molar-refractivity contribution in [3.05, 3.63) is 68.1 Å². The molecule has 1 N–H and O–H groups in total. The van der Waals surface area contributed by atoms with E-state index in [2.05, 4.69) is 93.5 Å². The maximum absolute atomic E-state index is 3.69. The summed E-state index contributed by atoms with van der Waals surface area (Å²) < 4.78 is 2.32. The molecule has 21 heavy (non-hydrogen) atoms. The zero-order valence-electron chi connectivity index (χ0n) is 12.5. The van der Waals surface area contributed by atoms with Crippen LogP contribution in [0, 0.1) is 6.92 Å².